The van der Waals surface area contributed by atoms with Gasteiger partial charge < -0.3 is 4.90 Å². The van der Waals surface area contributed by atoms with Crippen LogP contribution in [-0.4, -0.2) is 0 Å². The van der Waals surface area contributed by atoms with Gasteiger partial charge in [0.25, 0.3) is 0 Å². The van der Waals surface area contributed by atoms with E-state index < -0.39 is 0 Å². The SMILES string of the molecule is c1ccc2c(c1)Cc1ccc3c(c1-2)Cc1ccc2c(c1-3)Cc1cccc3c1N2c1ccccc1C3. The maximum absolute atomic E-state index is 2.56. The third-order valence-corrected chi connectivity index (χ3v) is 8.73. The molecule has 0 saturated heterocycles. The summed E-state index contributed by atoms with van der Waals surface area (Å²) in [4.78, 5) is 2.56. The molecule has 5 aromatic carbocycles. The fourth-order valence-electron chi connectivity index (χ4n) is 7.33. The Morgan fingerprint density at radius 1 is 0.400 bits per heavy atom. The van der Waals surface area contributed by atoms with Crippen molar-refractivity contribution in [2.75, 3.05) is 4.90 Å². The number of benzene rings is 5. The third kappa shape index (κ3) is 2.24. The Morgan fingerprint density at radius 3 is 2.00 bits per heavy atom. The van der Waals surface area contributed by atoms with E-state index in [2.05, 4.69) is 95.9 Å². The van der Waals surface area contributed by atoms with Crippen LogP contribution in [0.3, 0.4) is 0 Å². The standard InChI is InChI=1S/C34H23N/c1-3-10-26-20(6-1)16-22-12-14-27-28(32(22)26)18-23-13-15-31-29(33(23)27)19-25-9-5-8-24-17-21-7-2-4-11-30(21)35(31)34(24)25/h1-15H,16-19H2. The number of rotatable bonds is 0. The molecule has 35 heavy (non-hydrogen) atoms. The van der Waals surface area contributed by atoms with E-state index in [0.717, 1.165) is 25.7 Å². The Balaban J connectivity index is 1.31. The molecule has 0 radical (unpaired) electrons. The van der Waals surface area contributed by atoms with Crippen LogP contribution in [0.5, 0.6) is 0 Å². The summed E-state index contributed by atoms with van der Waals surface area (Å²) in [6.45, 7) is 0. The van der Waals surface area contributed by atoms with Gasteiger partial charge in [-0.05, 0) is 91.7 Å². The van der Waals surface area contributed by atoms with Crippen molar-refractivity contribution >= 4 is 17.1 Å². The monoisotopic (exact) mass is 445 g/mol. The van der Waals surface area contributed by atoms with E-state index in [9.17, 15) is 0 Å². The molecule has 0 atom stereocenters. The summed E-state index contributed by atoms with van der Waals surface area (Å²) in [5, 5.41) is 0. The van der Waals surface area contributed by atoms with Crippen molar-refractivity contribution in [1.82, 2.24) is 0 Å². The van der Waals surface area contributed by atoms with Crippen LogP contribution in [0.1, 0.15) is 44.5 Å². The van der Waals surface area contributed by atoms with Crippen LogP contribution in [0.2, 0.25) is 0 Å². The quantitative estimate of drug-likeness (QED) is 0.228. The summed E-state index contributed by atoms with van der Waals surface area (Å²) in [5.41, 5.74) is 21.8. The largest absolute Gasteiger partial charge is 0.309 e. The molecule has 164 valence electrons. The molecule has 2 aliphatic carbocycles. The summed E-state index contributed by atoms with van der Waals surface area (Å²) in [5.74, 6) is 0. The number of fused-ring (bicyclic) bond motifs is 12. The molecule has 0 saturated carbocycles. The van der Waals surface area contributed by atoms with Crippen molar-refractivity contribution in [1.29, 1.82) is 0 Å². The van der Waals surface area contributed by atoms with E-state index >= 15 is 0 Å². The zero-order valence-corrected chi connectivity index (χ0v) is 19.4. The molecule has 0 amide bonds. The molecule has 4 aliphatic rings. The maximum Gasteiger partial charge on any atom is 0.0532 e. The van der Waals surface area contributed by atoms with Crippen molar-refractivity contribution in [2.24, 2.45) is 0 Å². The molecule has 2 heterocycles. The first-order valence-electron chi connectivity index (χ1n) is 12.7. The first kappa shape index (κ1) is 18.3. The predicted molar refractivity (Wildman–Crippen MR) is 143 cm³/mol. The molecule has 0 fully saturated rings. The average Bonchev–Trinajstić information content (AvgIpc) is 3.47. The van der Waals surface area contributed by atoms with Gasteiger partial charge in [-0.2, -0.15) is 0 Å². The Morgan fingerprint density at radius 2 is 1.06 bits per heavy atom. The van der Waals surface area contributed by atoms with Crippen LogP contribution in [0.25, 0.3) is 22.3 Å². The van der Waals surface area contributed by atoms with Gasteiger partial charge in [0.05, 0.1) is 11.4 Å². The summed E-state index contributed by atoms with van der Waals surface area (Å²) >= 11 is 0. The van der Waals surface area contributed by atoms with Gasteiger partial charge in [-0.25, -0.2) is 0 Å². The van der Waals surface area contributed by atoms with Crippen molar-refractivity contribution in [3.05, 3.63) is 136 Å². The van der Waals surface area contributed by atoms with Gasteiger partial charge in [-0.1, -0.05) is 78.9 Å². The zero-order valence-electron chi connectivity index (χ0n) is 19.4. The summed E-state index contributed by atoms with van der Waals surface area (Å²) in [6, 6.07) is 34.5. The zero-order chi connectivity index (χ0) is 22.7. The smallest absolute Gasteiger partial charge is 0.0532 e. The van der Waals surface area contributed by atoms with Gasteiger partial charge in [0.2, 0.25) is 0 Å². The van der Waals surface area contributed by atoms with E-state index in [-0.39, 0.29) is 0 Å². The molecule has 1 nitrogen and oxygen atoms in total. The molecule has 2 aliphatic heterocycles. The highest BCUT2D eigenvalue weighted by atomic mass is 15.2. The Bertz CT molecular complexity index is 1760. The second-order valence-corrected chi connectivity index (χ2v) is 10.5. The van der Waals surface area contributed by atoms with Crippen molar-refractivity contribution in [2.45, 2.75) is 25.7 Å². The number of anilines is 3. The lowest BCUT2D eigenvalue weighted by Gasteiger charge is -2.40. The lowest BCUT2D eigenvalue weighted by atomic mass is 9.83. The van der Waals surface area contributed by atoms with E-state index in [0.29, 0.717) is 0 Å². The number of nitrogens with zero attached hydrogens (tertiary/aromatic N) is 1. The molecule has 0 unspecified atom stereocenters. The predicted octanol–water partition coefficient (Wildman–Crippen LogP) is 8.11. The molecule has 5 aromatic rings. The van der Waals surface area contributed by atoms with Gasteiger partial charge in [0.1, 0.15) is 0 Å². The minimum Gasteiger partial charge on any atom is -0.309 e. The van der Waals surface area contributed by atoms with Crippen LogP contribution in [0, 0.1) is 0 Å². The van der Waals surface area contributed by atoms with Gasteiger partial charge in [-0.3, -0.25) is 0 Å². The maximum atomic E-state index is 2.56. The minimum atomic E-state index is 1.01. The highest BCUT2D eigenvalue weighted by Crippen LogP contribution is 2.55. The average molecular weight is 446 g/mol. The van der Waals surface area contributed by atoms with E-state index in [4.69, 9.17) is 0 Å². The lowest BCUT2D eigenvalue weighted by Crippen LogP contribution is -2.25. The van der Waals surface area contributed by atoms with E-state index in [1.165, 1.54) is 83.8 Å². The fraction of sp³-hybridized carbons (Fsp3) is 0.118. The van der Waals surface area contributed by atoms with Crippen molar-refractivity contribution < 1.29 is 0 Å². The number of hydrogen-bond donors (Lipinski definition) is 0. The van der Waals surface area contributed by atoms with Crippen LogP contribution in [0.15, 0.2) is 91.0 Å². The van der Waals surface area contributed by atoms with Crippen molar-refractivity contribution in [3.8, 4) is 22.3 Å². The lowest BCUT2D eigenvalue weighted by molar-refractivity contribution is 1.01. The summed E-state index contributed by atoms with van der Waals surface area (Å²) in [7, 11) is 0. The molecule has 0 N–H and O–H groups in total. The normalized spacial score (nSPS) is 14.9. The Kier molecular flexibility index (Phi) is 3.29. The molecule has 0 bridgehead atoms. The van der Waals surface area contributed by atoms with Gasteiger partial charge in [0.15, 0.2) is 0 Å². The first-order valence-corrected chi connectivity index (χ1v) is 12.7. The highest BCUT2D eigenvalue weighted by molar-refractivity contribution is 5.97. The second-order valence-electron chi connectivity index (χ2n) is 10.5. The highest BCUT2D eigenvalue weighted by Gasteiger charge is 2.36. The van der Waals surface area contributed by atoms with Crippen molar-refractivity contribution in [3.63, 3.8) is 0 Å². The van der Waals surface area contributed by atoms with Gasteiger partial charge in [0, 0.05) is 18.5 Å². The molecular formula is C34H23N. The first-order chi connectivity index (χ1) is 17.3. The van der Waals surface area contributed by atoms with Crippen LogP contribution >= 0.6 is 0 Å². The molecule has 1 heteroatoms. The van der Waals surface area contributed by atoms with Crippen LogP contribution in [-0.2, 0) is 25.7 Å². The van der Waals surface area contributed by atoms with Crippen LogP contribution < -0.4 is 4.90 Å². The molecular weight excluding hydrogens is 422 g/mol. The molecule has 0 spiro atoms. The van der Waals surface area contributed by atoms with E-state index in [1.54, 1.807) is 0 Å². The molecule has 0 aromatic heterocycles. The van der Waals surface area contributed by atoms with Gasteiger partial charge >= 0.3 is 0 Å². The second kappa shape index (κ2) is 6.31. The molecule has 9 rings (SSSR count). The Labute approximate surface area is 205 Å². The summed E-state index contributed by atoms with van der Waals surface area (Å²) < 4.78 is 0. The van der Waals surface area contributed by atoms with Crippen LogP contribution in [0.4, 0.5) is 17.1 Å². The van der Waals surface area contributed by atoms with E-state index in [1.807, 2.05) is 0 Å². The minimum absolute atomic E-state index is 1.01. The summed E-state index contributed by atoms with van der Waals surface area (Å²) in [6.07, 6.45) is 4.13. The fourth-order valence-corrected chi connectivity index (χ4v) is 7.33. The topological polar surface area (TPSA) is 3.24 Å². The number of hydrogen-bond acceptors (Lipinski definition) is 1. The van der Waals surface area contributed by atoms with Gasteiger partial charge in [-0.15, -0.1) is 0 Å². The Hall–Kier alpha value is -4.10. The number of para-hydroxylation sites is 2. The third-order valence-electron chi connectivity index (χ3n) is 8.73.